The minimum absolute atomic E-state index is 0. The monoisotopic (exact) mass is 526 g/mol. The molecule has 0 bridgehead atoms. The van der Waals surface area contributed by atoms with Crippen LogP contribution in [0.1, 0.15) is 37.0 Å². The first-order chi connectivity index (χ1) is 14.0. The number of halogens is 1. The Bertz CT molecular complexity index is 786. The van der Waals surface area contributed by atoms with Crippen molar-refractivity contribution in [3.05, 3.63) is 59.5 Å². The highest BCUT2D eigenvalue weighted by molar-refractivity contribution is 14.0. The molecule has 166 valence electrons. The highest BCUT2D eigenvalue weighted by Crippen LogP contribution is 2.24. The van der Waals surface area contributed by atoms with E-state index in [1.54, 1.807) is 0 Å². The molecule has 0 radical (unpaired) electrons. The van der Waals surface area contributed by atoms with Crippen molar-refractivity contribution in [1.29, 1.82) is 0 Å². The number of hydrogen-bond donors (Lipinski definition) is 2. The summed E-state index contributed by atoms with van der Waals surface area (Å²) in [7, 11) is 1.81. The molecule has 1 aliphatic rings. The third kappa shape index (κ3) is 6.72. The molecule has 0 spiro atoms. The van der Waals surface area contributed by atoms with Crippen molar-refractivity contribution < 1.29 is 9.15 Å². The summed E-state index contributed by atoms with van der Waals surface area (Å²) in [4.78, 5) is 6.83. The van der Waals surface area contributed by atoms with Gasteiger partial charge < -0.3 is 19.8 Å². The van der Waals surface area contributed by atoms with E-state index in [9.17, 15) is 0 Å². The average molecular weight is 526 g/mol. The Kier molecular flexibility index (Phi) is 9.64. The zero-order valence-electron chi connectivity index (χ0n) is 18.5. The molecule has 7 heteroatoms. The van der Waals surface area contributed by atoms with Crippen LogP contribution in [0.15, 0.2) is 51.9 Å². The molecule has 1 saturated heterocycles. The maximum Gasteiger partial charge on any atom is 0.191 e. The fourth-order valence-electron chi connectivity index (χ4n) is 3.64. The van der Waals surface area contributed by atoms with E-state index in [-0.39, 0.29) is 35.4 Å². The van der Waals surface area contributed by atoms with Gasteiger partial charge in [-0.1, -0.05) is 44.2 Å². The van der Waals surface area contributed by atoms with Gasteiger partial charge in [-0.05, 0) is 24.6 Å². The molecule has 2 heterocycles. The van der Waals surface area contributed by atoms with Crippen LogP contribution in [0.3, 0.4) is 0 Å². The van der Waals surface area contributed by atoms with Crippen LogP contribution < -0.4 is 10.6 Å². The van der Waals surface area contributed by atoms with Crippen molar-refractivity contribution >= 4 is 29.9 Å². The molecule has 0 saturated carbocycles. The smallest absolute Gasteiger partial charge is 0.191 e. The second kappa shape index (κ2) is 11.7. The molecule has 0 aliphatic carbocycles. The van der Waals surface area contributed by atoms with Crippen molar-refractivity contribution in [3.63, 3.8) is 0 Å². The Morgan fingerprint density at radius 3 is 2.40 bits per heavy atom. The van der Waals surface area contributed by atoms with E-state index in [1.807, 2.05) is 20.0 Å². The Labute approximate surface area is 197 Å². The minimum atomic E-state index is 0. The first-order valence-electron chi connectivity index (χ1n) is 10.4. The summed E-state index contributed by atoms with van der Waals surface area (Å²) in [5.41, 5.74) is 1.31. The van der Waals surface area contributed by atoms with E-state index < -0.39 is 0 Å². The molecule has 1 aliphatic heterocycles. The normalized spacial score (nSPS) is 16.6. The Hall–Kier alpha value is -1.58. The summed E-state index contributed by atoms with van der Waals surface area (Å²) in [6, 6.07) is 14.8. The molecule has 2 N–H and O–H groups in total. The summed E-state index contributed by atoms with van der Waals surface area (Å²) in [5, 5.41) is 6.98. The Morgan fingerprint density at radius 1 is 1.10 bits per heavy atom. The highest BCUT2D eigenvalue weighted by Gasteiger charge is 2.26. The molecule has 1 fully saturated rings. The van der Waals surface area contributed by atoms with E-state index in [0.29, 0.717) is 0 Å². The zero-order chi connectivity index (χ0) is 20.7. The molecule has 1 aromatic heterocycles. The quantitative estimate of drug-likeness (QED) is 0.327. The Balaban J connectivity index is 0.00000320. The fourth-order valence-corrected chi connectivity index (χ4v) is 3.64. The van der Waals surface area contributed by atoms with Crippen LogP contribution in [0.4, 0.5) is 0 Å². The third-order valence-corrected chi connectivity index (χ3v) is 5.52. The lowest BCUT2D eigenvalue weighted by Gasteiger charge is -2.34. The topological polar surface area (TPSA) is 62.0 Å². The molecular weight excluding hydrogens is 491 g/mol. The first-order valence-corrected chi connectivity index (χ1v) is 10.4. The van der Waals surface area contributed by atoms with E-state index in [2.05, 4.69) is 70.8 Å². The van der Waals surface area contributed by atoms with Crippen molar-refractivity contribution in [2.75, 3.05) is 46.4 Å². The number of aryl methyl sites for hydroxylation is 1. The molecule has 1 aromatic carbocycles. The minimum Gasteiger partial charge on any atom is -0.465 e. The number of hydrogen-bond acceptors (Lipinski definition) is 4. The zero-order valence-corrected chi connectivity index (χ0v) is 20.8. The molecule has 2 aromatic rings. The number of morpholine rings is 1. The number of benzene rings is 1. The van der Waals surface area contributed by atoms with E-state index in [1.165, 1.54) is 5.56 Å². The second-order valence-corrected chi connectivity index (χ2v) is 8.17. The number of rotatable bonds is 7. The highest BCUT2D eigenvalue weighted by atomic mass is 127. The maximum atomic E-state index is 5.95. The van der Waals surface area contributed by atoms with Gasteiger partial charge in [0.25, 0.3) is 0 Å². The van der Waals surface area contributed by atoms with Crippen LogP contribution >= 0.6 is 24.0 Å². The van der Waals surface area contributed by atoms with Crippen LogP contribution in [0, 0.1) is 6.92 Å². The molecule has 0 amide bonds. The van der Waals surface area contributed by atoms with Gasteiger partial charge in [-0.15, -0.1) is 24.0 Å². The number of furan rings is 1. The van der Waals surface area contributed by atoms with Crippen molar-refractivity contribution in [2.45, 2.75) is 32.2 Å². The van der Waals surface area contributed by atoms with E-state index in [0.717, 1.165) is 56.9 Å². The predicted octanol–water partition coefficient (Wildman–Crippen LogP) is 3.72. The summed E-state index contributed by atoms with van der Waals surface area (Å²) >= 11 is 0. The van der Waals surface area contributed by atoms with Gasteiger partial charge in [0.15, 0.2) is 5.96 Å². The van der Waals surface area contributed by atoms with Gasteiger partial charge in [0.2, 0.25) is 0 Å². The molecular formula is C23H35IN4O2. The SMILES string of the molecule is CN=C(NCC(c1ccc(C)o1)N1CCOCC1)NCC(C)(C)c1ccccc1.I. The third-order valence-electron chi connectivity index (χ3n) is 5.52. The van der Waals surface area contributed by atoms with Gasteiger partial charge in [-0.25, -0.2) is 0 Å². The van der Waals surface area contributed by atoms with Gasteiger partial charge >= 0.3 is 0 Å². The van der Waals surface area contributed by atoms with E-state index in [4.69, 9.17) is 9.15 Å². The number of aliphatic imine (C=N–C) groups is 1. The van der Waals surface area contributed by atoms with Gasteiger partial charge in [0.1, 0.15) is 11.5 Å². The van der Waals surface area contributed by atoms with Gasteiger partial charge in [-0.3, -0.25) is 9.89 Å². The maximum absolute atomic E-state index is 5.95. The molecule has 3 rings (SSSR count). The van der Waals surface area contributed by atoms with Crippen LogP contribution in [0.5, 0.6) is 0 Å². The van der Waals surface area contributed by atoms with Gasteiger partial charge in [-0.2, -0.15) is 0 Å². The van der Waals surface area contributed by atoms with Crippen LogP contribution in [0.25, 0.3) is 0 Å². The summed E-state index contributed by atoms with van der Waals surface area (Å²) in [6.45, 7) is 11.3. The summed E-state index contributed by atoms with van der Waals surface area (Å²) in [5.74, 6) is 2.72. The largest absolute Gasteiger partial charge is 0.465 e. The molecule has 1 atom stereocenters. The fraction of sp³-hybridized carbons (Fsp3) is 0.522. The lowest BCUT2D eigenvalue weighted by atomic mass is 9.85. The lowest BCUT2D eigenvalue weighted by molar-refractivity contribution is 0.0124. The average Bonchev–Trinajstić information content (AvgIpc) is 3.18. The molecule has 30 heavy (non-hydrogen) atoms. The number of ether oxygens (including phenoxy) is 1. The first kappa shape index (κ1) is 24.7. The van der Waals surface area contributed by atoms with Crippen molar-refractivity contribution in [2.24, 2.45) is 4.99 Å². The molecule has 1 unspecified atom stereocenters. The van der Waals surface area contributed by atoms with Crippen LogP contribution in [-0.2, 0) is 10.2 Å². The number of guanidine groups is 1. The number of nitrogens with one attached hydrogen (secondary N) is 2. The predicted molar refractivity (Wildman–Crippen MR) is 133 cm³/mol. The second-order valence-electron chi connectivity index (χ2n) is 8.17. The van der Waals surface area contributed by atoms with E-state index >= 15 is 0 Å². The van der Waals surface area contributed by atoms with Gasteiger partial charge in [0.05, 0.1) is 19.3 Å². The number of nitrogens with zero attached hydrogens (tertiary/aromatic N) is 2. The van der Waals surface area contributed by atoms with Gasteiger partial charge in [0, 0.05) is 38.6 Å². The summed E-state index contributed by atoms with van der Waals surface area (Å²) in [6.07, 6.45) is 0. The van der Waals surface area contributed by atoms with Crippen molar-refractivity contribution in [1.82, 2.24) is 15.5 Å². The lowest BCUT2D eigenvalue weighted by Crippen LogP contribution is -2.48. The standard InChI is InChI=1S/C23H34N4O2.HI/c1-18-10-11-21(29-18)20(27-12-14-28-15-13-27)16-25-22(24-4)26-17-23(2,3)19-8-6-5-7-9-19;/h5-11,20H,12-17H2,1-4H3,(H2,24,25,26);1H. The Morgan fingerprint density at radius 2 is 1.80 bits per heavy atom. The van der Waals surface area contributed by atoms with Crippen molar-refractivity contribution in [3.8, 4) is 0 Å². The van der Waals surface area contributed by atoms with Crippen LogP contribution in [0.2, 0.25) is 0 Å². The van der Waals surface area contributed by atoms with Crippen LogP contribution in [-0.4, -0.2) is 57.3 Å². The molecule has 6 nitrogen and oxygen atoms in total. The summed E-state index contributed by atoms with van der Waals surface area (Å²) < 4.78 is 11.5.